The summed E-state index contributed by atoms with van der Waals surface area (Å²) in [7, 11) is 3.51. The van der Waals surface area contributed by atoms with Gasteiger partial charge in [0, 0.05) is 50.9 Å². The lowest BCUT2D eigenvalue weighted by Crippen LogP contribution is -2.54. The lowest BCUT2D eigenvalue weighted by atomic mass is 9.74. The maximum Gasteiger partial charge on any atom is 0.317 e. The van der Waals surface area contributed by atoms with Crippen LogP contribution in [-0.2, 0) is 10.3 Å². The quantitative estimate of drug-likeness (QED) is 0.355. The van der Waals surface area contributed by atoms with Gasteiger partial charge in [0.2, 0.25) is 0 Å². The van der Waals surface area contributed by atoms with Crippen molar-refractivity contribution >= 4 is 6.03 Å². The van der Waals surface area contributed by atoms with Gasteiger partial charge < -0.3 is 25.4 Å². The fourth-order valence-electron chi connectivity index (χ4n) is 6.03. The fourth-order valence-corrected chi connectivity index (χ4v) is 6.03. The number of ether oxygens (including phenoxy) is 1. The van der Waals surface area contributed by atoms with Crippen molar-refractivity contribution in [2.75, 3.05) is 40.4 Å². The molecule has 3 rings (SSSR count). The number of nitrogens with one attached hydrogen (secondary N) is 2. The van der Waals surface area contributed by atoms with Crippen LogP contribution in [0.25, 0.3) is 0 Å². The summed E-state index contributed by atoms with van der Waals surface area (Å²) < 4.78 is 33.6. The minimum Gasteiger partial charge on any atom is -0.385 e. The molecule has 0 spiro atoms. The van der Waals surface area contributed by atoms with E-state index in [0.29, 0.717) is 63.4 Å². The number of aliphatic hydroxyl groups is 1. The molecule has 1 saturated heterocycles. The minimum absolute atomic E-state index is 0.0384. The van der Waals surface area contributed by atoms with Gasteiger partial charge in [-0.2, -0.15) is 0 Å². The van der Waals surface area contributed by atoms with E-state index in [-0.39, 0.29) is 18.0 Å². The number of benzene rings is 1. The molecule has 1 aromatic carbocycles. The number of likely N-dealkylation sites (N-methyl/N-ethyl adjacent to an activating group) is 1. The Morgan fingerprint density at radius 1 is 1.22 bits per heavy atom. The molecule has 2 aliphatic rings. The maximum atomic E-state index is 14.9. The number of alkyl halides is 1. The molecule has 0 radical (unpaired) electrons. The van der Waals surface area contributed by atoms with Gasteiger partial charge in [0.15, 0.2) is 0 Å². The molecule has 204 valence electrons. The SMILES string of the molecule is CNC[C@H](C[C@H]1CC[C@H](F)CC1)NC(=O)N1CCC[C@@H]([C@@](O)(CCCCOC)c2ccccc2F)C1. The van der Waals surface area contributed by atoms with Crippen molar-refractivity contribution in [3.63, 3.8) is 0 Å². The van der Waals surface area contributed by atoms with E-state index in [1.807, 2.05) is 7.05 Å². The van der Waals surface area contributed by atoms with Gasteiger partial charge >= 0.3 is 6.03 Å². The number of unbranched alkanes of at least 4 members (excludes halogenated alkanes) is 1. The normalized spacial score (nSPS) is 25.2. The van der Waals surface area contributed by atoms with Crippen LogP contribution in [0.5, 0.6) is 0 Å². The molecule has 1 saturated carbocycles. The van der Waals surface area contributed by atoms with Crippen LogP contribution in [-0.4, -0.2) is 68.6 Å². The number of urea groups is 1. The number of rotatable bonds is 12. The molecule has 0 aromatic heterocycles. The van der Waals surface area contributed by atoms with E-state index < -0.39 is 17.6 Å². The summed E-state index contributed by atoms with van der Waals surface area (Å²) in [4.78, 5) is 15.1. The van der Waals surface area contributed by atoms with Crippen molar-refractivity contribution in [3.05, 3.63) is 35.6 Å². The van der Waals surface area contributed by atoms with Crippen LogP contribution < -0.4 is 10.6 Å². The molecule has 0 bridgehead atoms. The van der Waals surface area contributed by atoms with Crippen LogP contribution in [0.2, 0.25) is 0 Å². The molecule has 1 aliphatic carbocycles. The predicted molar refractivity (Wildman–Crippen MR) is 138 cm³/mol. The zero-order valence-electron chi connectivity index (χ0n) is 22.0. The highest BCUT2D eigenvalue weighted by Gasteiger charge is 2.42. The molecule has 8 heteroatoms. The zero-order valence-corrected chi connectivity index (χ0v) is 22.0. The molecule has 1 heterocycles. The van der Waals surface area contributed by atoms with E-state index in [4.69, 9.17) is 4.74 Å². The summed E-state index contributed by atoms with van der Waals surface area (Å²) in [6.07, 6.45) is 6.46. The van der Waals surface area contributed by atoms with Gasteiger partial charge in [-0.05, 0) is 83.2 Å². The molecule has 1 aliphatic heterocycles. The number of carbonyl (C=O) groups is 1. The second-order valence-corrected chi connectivity index (χ2v) is 10.7. The summed E-state index contributed by atoms with van der Waals surface area (Å²) in [6, 6.07) is 6.26. The molecule has 3 N–H and O–H groups in total. The predicted octanol–water partition coefficient (Wildman–Crippen LogP) is 4.76. The van der Waals surface area contributed by atoms with Crippen LogP contribution in [0, 0.1) is 17.7 Å². The first-order chi connectivity index (χ1) is 17.4. The molecule has 0 unspecified atom stereocenters. The smallest absolute Gasteiger partial charge is 0.317 e. The molecular weight excluding hydrogens is 464 g/mol. The number of hydrogen-bond donors (Lipinski definition) is 3. The Bertz CT molecular complexity index is 806. The Morgan fingerprint density at radius 3 is 2.67 bits per heavy atom. The Hall–Kier alpha value is -1.77. The van der Waals surface area contributed by atoms with Gasteiger partial charge in [-0.25, -0.2) is 13.6 Å². The number of carbonyl (C=O) groups excluding carboxylic acids is 1. The first-order valence-corrected chi connectivity index (χ1v) is 13.7. The molecule has 2 fully saturated rings. The van der Waals surface area contributed by atoms with E-state index in [9.17, 15) is 18.7 Å². The number of methoxy groups -OCH3 is 1. The molecule has 2 amide bonds. The Labute approximate surface area is 215 Å². The van der Waals surface area contributed by atoms with E-state index in [1.54, 1.807) is 30.2 Å². The third-order valence-electron chi connectivity index (χ3n) is 8.05. The lowest BCUT2D eigenvalue weighted by molar-refractivity contribution is -0.0587. The van der Waals surface area contributed by atoms with Crippen molar-refractivity contribution in [2.45, 2.75) is 82.0 Å². The topological polar surface area (TPSA) is 73.8 Å². The first-order valence-electron chi connectivity index (χ1n) is 13.7. The van der Waals surface area contributed by atoms with Crippen LogP contribution in [0.4, 0.5) is 13.6 Å². The molecule has 1 aromatic rings. The Morgan fingerprint density at radius 2 is 1.97 bits per heavy atom. The summed E-state index contributed by atoms with van der Waals surface area (Å²) in [5.74, 6) is -0.257. The van der Waals surface area contributed by atoms with Gasteiger partial charge in [0.05, 0.1) is 5.60 Å². The van der Waals surface area contributed by atoms with E-state index in [1.165, 1.54) is 6.07 Å². The number of hydrogen-bond acceptors (Lipinski definition) is 4. The Kier molecular flexibility index (Phi) is 11.4. The Balaban J connectivity index is 1.67. The van der Waals surface area contributed by atoms with Gasteiger partial charge in [0.1, 0.15) is 12.0 Å². The van der Waals surface area contributed by atoms with Crippen LogP contribution in [0.3, 0.4) is 0 Å². The van der Waals surface area contributed by atoms with Crippen molar-refractivity contribution in [1.82, 2.24) is 15.5 Å². The fraction of sp³-hybridized carbons (Fsp3) is 0.750. The van der Waals surface area contributed by atoms with Gasteiger partial charge in [-0.3, -0.25) is 0 Å². The van der Waals surface area contributed by atoms with Crippen LogP contribution in [0.15, 0.2) is 24.3 Å². The largest absolute Gasteiger partial charge is 0.385 e. The highest BCUT2D eigenvalue weighted by Crippen LogP contribution is 2.41. The minimum atomic E-state index is -1.35. The average molecular weight is 510 g/mol. The lowest BCUT2D eigenvalue weighted by Gasteiger charge is -2.43. The average Bonchev–Trinajstić information content (AvgIpc) is 2.88. The summed E-state index contributed by atoms with van der Waals surface area (Å²) in [6.45, 7) is 2.22. The summed E-state index contributed by atoms with van der Waals surface area (Å²) in [5, 5.41) is 18.3. The van der Waals surface area contributed by atoms with Gasteiger partial charge in [0.25, 0.3) is 0 Å². The second kappa shape index (κ2) is 14.2. The number of piperidine rings is 1. The third-order valence-corrected chi connectivity index (χ3v) is 8.05. The molecule has 3 atom stereocenters. The van der Waals surface area contributed by atoms with Crippen molar-refractivity contribution < 1.29 is 23.4 Å². The van der Waals surface area contributed by atoms with Crippen LogP contribution >= 0.6 is 0 Å². The summed E-state index contributed by atoms with van der Waals surface area (Å²) >= 11 is 0. The number of likely N-dealkylation sites (tertiary alicyclic amines) is 1. The number of amides is 2. The van der Waals surface area contributed by atoms with E-state index in [2.05, 4.69) is 10.6 Å². The second-order valence-electron chi connectivity index (χ2n) is 10.7. The molecule has 6 nitrogen and oxygen atoms in total. The van der Waals surface area contributed by atoms with Gasteiger partial charge in [-0.1, -0.05) is 18.2 Å². The number of halogens is 2. The molecular formula is C28H45F2N3O3. The molecule has 36 heavy (non-hydrogen) atoms. The monoisotopic (exact) mass is 509 g/mol. The maximum absolute atomic E-state index is 14.9. The first kappa shape index (κ1) is 28.8. The number of nitrogens with zero attached hydrogens (tertiary/aromatic N) is 1. The zero-order chi connectivity index (χ0) is 26.0. The van der Waals surface area contributed by atoms with E-state index >= 15 is 0 Å². The van der Waals surface area contributed by atoms with Crippen LogP contribution in [0.1, 0.15) is 69.8 Å². The van der Waals surface area contributed by atoms with E-state index in [0.717, 1.165) is 38.5 Å². The van der Waals surface area contributed by atoms with Crippen molar-refractivity contribution in [2.24, 2.45) is 11.8 Å². The van der Waals surface area contributed by atoms with Crippen molar-refractivity contribution in [3.8, 4) is 0 Å². The third kappa shape index (κ3) is 7.86. The standard InChI is InChI=1S/C28H45F2N3O3/c1-31-19-24(18-21-11-13-23(29)14-12-21)32-27(34)33-16-7-8-22(20-33)28(35,15-5-6-17-36-2)25-9-3-4-10-26(25)30/h3-4,9-10,21-24,31,35H,5-8,11-20H2,1-2H3,(H,32,34)/t21-,22-,23-,24+,28+/m1/s1. The highest BCUT2D eigenvalue weighted by atomic mass is 19.1. The van der Waals surface area contributed by atoms with Crippen molar-refractivity contribution in [1.29, 1.82) is 0 Å². The summed E-state index contributed by atoms with van der Waals surface area (Å²) in [5.41, 5.74) is -1.04. The van der Waals surface area contributed by atoms with Gasteiger partial charge in [-0.15, -0.1) is 0 Å². The highest BCUT2D eigenvalue weighted by molar-refractivity contribution is 5.74.